The molecule has 1 heterocycles. The number of nitrogens with zero attached hydrogens (tertiary/aromatic N) is 1. The Labute approximate surface area is 128 Å². The van der Waals surface area contributed by atoms with E-state index in [0.717, 1.165) is 29.0 Å². The SMILES string of the molecule is O=C(CSc1ccccc1)N1CCCc2cc(F)ccc21. The maximum Gasteiger partial charge on any atom is 0.237 e. The van der Waals surface area contributed by atoms with Crippen molar-refractivity contribution in [3.05, 3.63) is 59.9 Å². The molecule has 0 saturated carbocycles. The van der Waals surface area contributed by atoms with Crippen molar-refractivity contribution < 1.29 is 9.18 Å². The normalized spacial score (nSPS) is 13.9. The molecule has 1 aliphatic heterocycles. The molecular formula is C17H16FNOS. The van der Waals surface area contributed by atoms with Crippen molar-refractivity contribution in [2.24, 2.45) is 0 Å². The minimum Gasteiger partial charge on any atom is -0.311 e. The van der Waals surface area contributed by atoms with E-state index in [0.29, 0.717) is 12.3 Å². The number of halogens is 1. The van der Waals surface area contributed by atoms with E-state index in [2.05, 4.69) is 0 Å². The Morgan fingerprint density at radius 1 is 1.19 bits per heavy atom. The zero-order chi connectivity index (χ0) is 14.7. The fourth-order valence-corrected chi connectivity index (χ4v) is 3.36. The highest BCUT2D eigenvalue weighted by Crippen LogP contribution is 2.29. The van der Waals surface area contributed by atoms with Gasteiger partial charge in [0, 0.05) is 17.1 Å². The first-order valence-corrected chi connectivity index (χ1v) is 7.99. The Morgan fingerprint density at radius 2 is 2.00 bits per heavy atom. The molecular weight excluding hydrogens is 285 g/mol. The number of carbonyl (C=O) groups excluding carboxylic acids is 1. The van der Waals surface area contributed by atoms with Crippen LogP contribution >= 0.6 is 11.8 Å². The van der Waals surface area contributed by atoms with Gasteiger partial charge >= 0.3 is 0 Å². The van der Waals surface area contributed by atoms with Crippen LogP contribution in [0.4, 0.5) is 10.1 Å². The maximum atomic E-state index is 13.3. The average molecular weight is 301 g/mol. The molecule has 21 heavy (non-hydrogen) atoms. The third-order valence-corrected chi connectivity index (χ3v) is 4.56. The van der Waals surface area contributed by atoms with E-state index in [1.807, 2.05) is 30.3 Å². The quantitative estimate of drug-likeness (QED) is 0.801. The Kier molecular flexibility index (Phi) is 4.25. The van der Waals surface area contributed by atoms with Crippen LogP contribution in [-0.2, 0) is 11.2 Å². The number of amides is 1. The molecule has 2 aromatic rings. The molecule has 0 unspecified atom stereocenters. The van der Waals surface area contributed by atoms with Gasteiger partial charge in [-0.15, -0.1) is 11.8 Å². The minimum absolute atomic E-state index is 0.0800. The van der Waals surface area contributed by atoms with Gasteiger partial charge in [-0.3, -0.25) is 4.79 Å². The summed E-state index contributed by atoms with van der Waals surface area (Å²) in [4.78, 5) is 15.3. The first kappa shape index (κ1) is 14.1. The molecule has 2 nitrogen and oxygen atoms in total. The third kappa shape index (κ3) is 3.27. The molecule has 0 saturated heterocycles. The molecule has 0 fully saturated rings. The van der Waals surface area contributed by atoms with Gasteiger partial charge in [-0.2, -0.15) is 0 Å². The lowest BCUT2D eigenvalue weighted by molar-refractivity contribution is -0.116. The standard InChI is InChI=1S/C17H16FNOS/c18-14-8-9-16-13(11-14)5-4-10-19(16)17(20)12-21-15-6-2-1-3-7-15/h1-3,6-9,11H,4-5,10,12H2. The Morgan fingerprint density at radius 3 is 2.81 bits per heavy atom. The summed E-state index contributed by atoms with van der Waals surface area (Å²) in [5.41, 5.74) is 1.79. The van der Waals surface area contributed by atoms with Crippen molar-refractivity contribution in [2.75, 3.05) is 17.2 Å². The fraction of sp³-hybridized carbons (Fsp3) is 0.235. The van der Waals surface area contributed by atoms with Crippen LogP contribution in [0.1, 0.15) is 12.0 Å². The molecule has 1 amide bonds. The van der Waals surface area contributed by atoms with Crippen LogP contribution in [0.2, 0.25) is 0 Å². The molecule has 0 aromatic heterocycles. The van der Waals surface area contributed by atoms with Crippen molar-refractivity contribution in [3.8, 4) is 0 Å². The lowest BCUT2D eigenvalue weighted by Gasteiger charge is -2.29. The summed E-state index contributed by atoms with van der Waals surface area (Å²) in [5.74, 6) is 0.249. The van der Waals surface area contributed by atoms with E-state index in [-0.39, 0.29) is 11.7 Å². The van der Waals surface area contributed by atoms with E-state index in [1.165, 1.54) is 17.8 Å². The second-order valence-electron chi connectivity index (χ2n) is 5.02. The smallest absolute Gasteiger partial charge is 0.237 e. The van der Waals surface area contributed by atoms with Crippen LogP contribution in [0.25, 0.3) is 0 Å². The van der Waals surface area contributed by atoms with Gasteiger partial charge in [0.2, 0.25) is 5.91 Å². The van der Waals surface area contributed by atoms with Crippen LogP contribution in [0.15, 0.2) is 53.4 Å². The summed E-state index contributed by atoms with van der Waals surface area (Å²) >= 11 is 1.53. The number of hydrogen-bond acceptors (Lipinski definition) is 2. The molecule has 1 aliphatic rings. The number of hydrogen-bond donors (Lipinski definition) is 0. The number of fused-ring (bicyclic) bond motifs is 1. The maximum absolute atomic E-state index is 13.3. The van der Waals surface area contributed by atoms with Crippen molar-refractivity contribution >= 4 is 23.4 Å². The predicted molar refractivity (Wildman–Crippen MR) is 84.2 cm³/mol. The average Bonchev–Trinajstić information content (AvgIpc) is 2.52. The number of anilines is 1. The summed E-state index contributed by atoms with van der Waals surface area (Å²) in [7, 11) is 0. The van der Waals surface area contributed by atoms with E-state index in [9.17, 15) is 9.18 Å². The zero-order valence-corrected chi connectivity index (χ0v) is 12.4. The number of carbonyl (C=O) groups is 1. The number of benzene rings is 2. The van der Waals surface area contributed by atoms with Crippen LogP contribution in [0, 0.1) is 5.82 Å². The van der Waals surface area contributed by atoms with Gasteiger partial charge < -0.3 is 4.90 Å². The monoisotopic (exact) mass is 301 g/mol. The molecule has 0 aliphatic carbocycles. The third-order valence-electron chi connectivity index (χ3n) is 3.57. The highest BCUT2D eigenvalue weighted by Gasteiger charge is 2.22. The highest BCUT2D eigenvalue weighted by atomic mass is 32.2. The molecule has 3 rings (SSSR count). The van der Waals surface area contributed by atoms with Crippen molar-refractivity contribution in [1.82, 2.24) is 0 Å². The van der Waals surface area contributed by atoms with Crippen molar-refractivity contribution in [2.45, 2.75) is 17.7 Å². The van der Waals surface area contributed by atoms with Crippen LogP contribution in [0.3, 0.4) is 0 Å². The molecule has 0 radical (unpaired) electrons. The highest BCUT2D eigenvalue weighted by molar-refractivity contribution is 8.00. The van der Waals surface area contributed by atoms with Gasteiger partial charge in [0.15, 0.2) is 0 Å². The molecule has 108 valence electrons. The van der Waals surface area contributed by atoms with Crippen LogP contribution in [-0.4, -0.2) is 18.2 Å². The summed E-state index contributed by atoms with van der Waals surface area (Å²) in [6, 6.07) is 14.6. The molecule has 0 spiro atoms. The number of aryl methyl sites for hydroxylation is 1. The van der Waals surface area contributed by atoms with Crippen molar-refractivity contribution in [3.63, 3.8) is 0 Å². The van der Waals surface area contributed by atoms with Gasteiger partial charge in [-0.05, 0) is 48.7 Å². The number of rotatable bonds is 3. The Hall–Kier alpha value is -1.81. The predicted octanol–water partition coefficient (Wildman–Crippen LogP) is 3.90. The summed E-state index contributed by atoms with van der Waals surface area (Å²) in [5, 5.41) is 0. The Bertz CT molecular complexity index is 644. The Balaban J connectivity index is 1.71. The second kappa shape index (κ2) is 6.31. The van der Waals surface area contributed by atoms with Gasteiger partial charge in [0.05, 0.1) is 5.75 Å². The fourth-order valence-electron chi connectivity index (χ4n) is 2.56. The first-order valence-electron chi connectivity index (χ1n) is 7.01. The first-order chi connectivity index (χ1) is 10.2. The lowest BCUT2D eigenvalue weighted by Crippen LogP contribution is -2.36. The molecule has 0 bridgehead atoms. The van der Waals surface area contributed by atoms with Gasteiger partial charge in [-0.1, -0.05) is 18.2 Å². The van der Waals surface area contributed by atoms with Gasteiger partial charge in [0.1, 0.15) is 5.82 Å². The topological polar surface area (TPSA) is 20.3 Å². The summed E-state index contributed by atoms with van der Waals surface area (Å²) in [6.45, 7) is 0.715. The molecule has 0 N–H and O–H groups in total. The van der Waals surface area contributed by atoms with E-state index >= 15 is 0 Å². The zero-order valence-electron chi connectivity index (χ0n) is 11.6. The molecule has 0 atom stereocenters. The van der Waals surface area contributed by atoms with E-state index < -0.39 is 0 Å². The van der Waals surface area contributed by atoms with E-state index in [1.54, 1.807) is 17.0 Å². The molecule has 4 heteroatoms. The molecule has 2 aromatic carbocycles. The summed E-state index contributed by atoms with van der Waals surface area (Å²) < 4.78 is 13.3. The van der Waals surface area contributed by atoms with Crippen LogP contribution in [0.5, 0.6) is 0 Å². The van der Waals surface area contributed by atoms with Gasteiger partial charge in [-0.25, -0.2) is 4.39 Å². The van der Waals surface area contributed by atoms with E-state index in [4.69, 9.17) is 0 Å². The lowest BCUT2D eigenvalue weighted by atomic mass is 10.0. The van der Waals surface area contributed by atoms with Crippen LogP contribution < -0.4 is 4.90 Å². The van der Waals surface area contributed by atoms with Crippen molar-refractivity contribution in [1.29, 1.82) is 0 Å². The minimum atomic E-state index is -0.235. The second-order valence-corrected chi connectivity index (χ2v) is 6.07. The largest absolute Gasteiger partial charge is 0.311 e. The van der Waals surface area contributed by atoms with Gasteiger partial charge in [0.25, 0.3) is 0 Å². The summed E-state index contributed by atoms with van der Waals surface area (Å²) in [6.07, 6.45) is 1.72. The number of thioether (sulfide) groups is 1.